The first-order chi connectivity index (χ1) is 7.04. The van der Waals surface area contributed by atoms with Gasteiger partial charge in [0.05, 0.1) is 6.61 Å². The molecule has 0 saturated heterocycles. The molecule has 2 unspecified atom stereocenters. The van der Waals surface area contributed by atoms with Gasteiger partial charge in [-0.2, -0.15) is 11.8 Å². The van der Waals surface area contributed by atoms with Crippen LogP contribution < -0.4 is 0 Å². The Bertz CT molecular complexity index is 185. The van der Waals surface area contributed by atoms with E-state index in [4.69, 9.17) is 5.11 Å². The minimum absolute atomic E-state index is 0.0848. The maximum Gasteiger partial charge on any atom is 0.226 e. The molecular weight excluding hydrogens is 210 g/mol. The monoisotopic (exact) mass is 233 g/mol. The average molecular weight is 233 g/mol. The van der Waals surface area contributed by atoms with Gasteiger partial charge in [0, 0.05) is 31.5 Å². The van der Waals surface area contributed by atoms with E-state index in [1.807, 2.05) is 0 Å². The zero-order chi connectivity index (χ0) is 11.8. The van der Waals surface area contributed by atoms with E-state index >= 15 is 0 Å². The molecule has 0 spiro atoms. The van der Waals surface area contributed by atoms with Gasteiger partial charge in [-0.05, 0) is 5.92 Å². The van der Waals surface area contributed by atoms with Crippen molar-refractivity contribution in [3.63, 3.8) is 0 Å². The number of amides is 1. The number of hydrogen-bond donors (Lipinski definition) is 1. The van der Waals surface area contributed by atoms with Gasteiger partial charge in [0.25, 0.3) is 0 Å². The molecule has 0 radical (unpaired) electrons. The number of hydrogen-bond acceptors (Lipinski definition) is 3. The summed E-state index contributed by atoms with van der Waals surface area (Å²) in [6.07, 6.45) is 1.02. The summed E-state index contributed by atoms with van der Waals surface area (Å²) >= 11 is 1.65. The molecule has 4 heteroatoms. The number of carbonyl (C=O) groups is 1. The number of carbonyl (C=O) groups excluding carboxylic acids is 1. The van der Waals surface area contributed by atoms with Crippen LogP contribution in [-0.2, 0) is 4.79 Å². The van der Waals surface area contributed by atoms with Crippen LogP contribution in [0.4, 0.5) is 0 Å². The Labute approximate surface area is 97.2 Å². The average Bonchev–Trinajstić information content (AvgIpc) is 2.22. The van der Waals surface area contributed by atoms with Gasteiger partial charge in [0.1, 0.15) is 0 Å². The fourth-order valence-electron chi connectivity index (χ4n) is 1.37. The number of aliphatic hydroxyl groups is 1. The van der Waals surface area contributed by atoms with Crippen LogP contribution in [0.2, 0.25) is 0 Å². The molecule has 90 valence electrons. The third-order valence-corrected chi connectivity index (χ3v) is 3.69. The summed E-state index contributed by atoms with van der Waals surface area (Å²) in [5.41, 5.74) is 0. The van der Waals surface area contributed by atoms with Crippen molar-refractivity contribution >= 4 is 17.7 Å². The van der Waals surface area contributed by atoms with Crippen molar-refractivity contribution in [3.05, 3.63) is 0 Å². The smallest absolute Gasteiger partial charge is 0.226 e. The second kappa shape index (κ2) is 7.99. The molecule has 3 nitrogen and oxygen atoms in total. The van der Waals surface area contributed by atoms with Gasteiger partial charge in [-0.25, -0.2) is 0 Å². The van der Waals surface area contributed by atoms with E-state index in [1.165, 1.54) is 0 Å². The van der Waals surface area contributed by atoms with Crippen molar-refractivity contribution < 1.29 is 9.90 Å². The number of rotatable bonds is 7. The van der Waals surface area contributed by atoms with Gasteiger partial charge in [0.2, 0.25) is 5.91 Å². The van der Waals surface area contributed by atoms with E-state index in [2.05, 4.69) is 13.8 Å². The Kier molecular flexibility index (Phi) is 7.88. The highest BCUT2D eigenvalue weighted by Crippen LogP contribution is 2.21. The van der Waals surface area contributed by atoms with Crippen LogP contribution in [0.3, 0.4) is 0 Å². The van der Waals surface area contributed by atoms with Gasteiger partial charge >= 0.3 is 0 Å². The van der Waals surface area contributed by atoms with Gasteiger partial charge in [-0.1, -0.05) is 20.3 Å². The Hall–Kier alpha value is -0.220. The summed E-state index contributed by atoms with van der Waals surface area (Å²) in [7, 11) is 3.60. The first kappa shape index (κ1) is 14.8. The maximum absolute atomic E-state index is 11.9. The fourth-order valence-corrected chi connectivity index (χ4v) is 2.39. The standard InChI is InChI=1S/C11H23NO2S/c1-5-9(2)10(8-15-7-6-13)11(14)12(3)4/h9-10,13H,5-8H2,1-4H3. The quantitative estimate of drug-likeness (QED) is 0.677. The van der Waals surface area contributed by atoms with Crippen LogP contribution in [-0.4, -0.2) is 48.1 Å². The summed E-state index contributed by atoms with van der Waals surface area (Å²) in [5.74, 6) is 2.22. The molecule has 0 aliphatic heterocycles. The second-order valence-electron chi connectivity index (χ2n) is 4.02. The normalized spacial score (nSPS) is 14.7. The van der Waals surface area contributed by atoms with Crippen molar-refractivity contribution in [1.82, 2.24) is 4.90 Å². The summed E-state index contributed by atoms with van der Waals surface area (Å²) in [4.78, 5) is 13.6. The van der Waals surface area contributed by atoms with Crippen LogP contribution in [0, 0.1) is 11.8 Å². The molecule has 0 rings (SSSR count). The van der Waals surface area contributed by atoms with Crippen LogP contribution in [0.25, 0.3) is 0 Å². The Morgan fingerprint density at radius 1 is 1.47 bits per heavy atom. The number of thioether (sulfide) groups is 1. The first-order valence-electron chi connectivity index (χ1n) is 5.44. The second-order valence-corrected chi connectivity index (χ2v) is 5.17. The highest BCUT2D eigenvalue weighted by atomic mass is 32.2. The van der Waals surface area contributed by atoms with E-state index in [0.29, 0.717) is 11.7 Å². The van der Waals surface area contributed by atoms with Crippen molar-refractivity contribution in [2.24, 2.45) is 11.8 Å². The fraction of sp³-hybridized carbons (Fsp3) is 0.909. The molecule has 15 heavy (non-hydrogen) atoms. The molecule has 1 N–H and O–H groups in total. The largest absolute Gasteiger partial charge is 0.396 e. The van der Waals surface area contributed by atoms with Crippen molar-refractivity contribution in [2.75, 3.05) is 32.2 Å². The summed E-state index contributed by atoms with van der Waals surface area (Å²) in [6.45, 7) is 4.41. The summed E-state index contributed by atoms with van der Waals surface area (Å²) < 4.78 is 0. The lowest BCUT2D eigenvalue weighted by Crippen LogP contribution is -2.34. The highest BCUT2D eigenvalue weighted by Gasteiger charge is 2.24. The molecule has 0 bridgehead atoms. The lowest BCUT2D eigenvalue weighted by Gasteiger charge is -2.24. The predicted molar refractivity (Wildman–Crippen MR) is 66.0 cm³/mol. The third kappa shape index (κ3) is 5.42. The lowest BCUT2D eigenvalue weighted by atomic mass is 9.92. The first-order valence-corrected chi connectivity index (χ1v) is 6.59. The zero-order valence-electron chi connectivity index (χ0n) is 10.2. The van der Waals surface area contributed by atoms with Gasteiger partial charge in [-0.15, -0.1) is 0 Å². The van der Waals surface area contributed by atoms with Crippen LogP contribution >= 0.6 is 11.8 Å². The predicted octanol–water partition coefficient (Wildman–Crippen LogP) is 1.46. The third-order valence-electron chi connectivity index (χ3n) is 2.62. The molecule has 1 amide bonds. The molecule has 0 saturated carbocycles. The van der Waals surface area contributed by atoms with Gasteiger partial charge < -0.3 is 10.0 Å². The molecule has 0 fully saturated rings. The van der Waals surface area contributed by atoms with Crippen molar-refractivity contribution in [2.45, 2.75) is 20.3 Å². The Morgan fingerprint density at radius 2 is 2.07 bits per heavy atom. The number of aliphatic hydroxyl groups excluding tert-OH is 1. The summed E-state index contributed by atoms with van der Waals surface area (Å²) in [5, 5.41) is 8.71. The zero-order valence-corrected chi connectivity index (χ0v) is 11.0. The Balaban J connectivity index is 4.24. The SMILES string of the molecule is CCC(C)C(CSCCO)C(=O)N(C)C. The molecule has 2 atom stereocenters. The van der Waals surface area contributed by atoms with Crippen LogP contribution in [0.5, 0.6) is 0 Å². The molecular formula is C11H23NO2S. The molecule has 0 aromatic heterocycles. The van der Waals surface area contributed by atoms with E-state index < -0.39 is 0 Å². The van der Waals surface area contributed by atoms with Gasteiger partial charge in [-0.3, -0.25) is 4.79 Å². The van der Waals surface area contributed by atoms with Crippen LogP contribution in [0.15, 0.2) is 0 Å². The minimum atomic E-state index is 0.0848. The summed E-state index contributed by atoms with van der Waals surface area (Å²) in [6, 6.07) is 0. The molecule has 0 aromatic rings. The molecule has 0 heterocycles. The highest BCUT2D eigenvalue weighted by molar-refractivity contribution is 7.99. The van der Waals surface area contributed by atoms with Gasteiger partial charge in [0.15, 0.2) is 0 Å². The van der Waals surface area contributed by atoms with E-state index in [9.17, 15) is 4.79 Å². The van der Waals surface area contributed by atoms with E-state index in [-0.39, 0.29) is 18.4 Å². The Morgan fingerprint density at radius 3 is 2.47 bits per heavy atom. The van der Waals surface area contributed by atoms with E-state index in [0.717, 1.165) is 12.2 Å². The lowest BCUT2D eigenvalue weighted by molar-refractivity contribution is -0.133. The molecule has 0 aliphatic rings. The van der Waals surface area contributed by atoms with E-state index in [1.54, 1.807) is 30.8 Å². The van der Waals surface area contributed by atoms with Crippen molar-refractivity contribution in [3.8, 4) is 0 Å². The van der Waals surface area contributed by atoms with Crippen molar-refractivity contribution in [1.29, 1.82) is 0 Å². The minimum Gasteiger partial charge on any atom is -0.396 e. The topological polar surface area (TPSA) is 40.5 Å². The van der Waals surface area contributed by atoms with Crippen LogP contribution in [0.1, 0.15) is 20.3 Å². The molecule has 0 aromatic carbocycles. The number of nitrogens with zero attached hydrogens (tertiary/aromatic N) is 1. The molecule has 0 aliphatic carbocycles. The maximum atomic E-state index is 11.9.